The number of fused-ring (bicyclic) bond motifs is 3. The Morgan fingerprint density at radius 1 is 1.05 bits per heavy atom. The molecule has 0 bridgehead atoms. The minimum absolute atomic E-state index is 0.0581. The summed E-state index contributed by atoms with van der Waals surface area (Å²) in [6.45, 7) is 1.29. The molecule has 3 aromatic heterocycles. The summed E-state index contributed by atoms with van der Waals surface area (Å²) in [7, 11) is 0. The lowest BCUT2D eigenvalue weighted by Gasteiger charge is -2.22. The molecule has 7 heteroatoms. The fourth-order valence-corrected chi connectivity index (χ4v) is 6.37. The normalized spacial score (nSPS) is 19.6. The molecule has 0 N–H and O–H groups in total. The second-order valence-corrected chi connectivity index (χ2v) is 11.3. The van der Waals surface area contributed by atoms with Crippen LogP contribution in [-0.4, -0.2) is 32.3 Å². The minimum Gasteiger partial charge on any atom is -0.487 e. The molecule has 0 radical (unpaired) electrons. The van der Waals surface area contributed by atoms with E-state index in [0.717, 1.165) is 66.6 Å². The summed E-state index contributed by atoms with van der Waals surface area (Å²) in [4.78, 5) is 1.31. The van der Waals surface area contributed by atoms with Crippen LogP contribution in [0.2, 0.25) is 0 Å². The second kappa shape index (κ2) is 10.5. The van der Waals surface area contributed by atoms with E-state index in [2.05, 4.69) is 54.8 Å². The van der Waals surface area contributed by atoms with Crippen molar-refractivity contribution in [3.8, 4) is 5.75 Å². The molecule has 1 aliphatic carbocycles. The average Bonchev–Trinajstić information content (AvgIpc) is 3.73. The second-order valence-electron chi connectivity index (χ2n) is 10.4. The van der Waals surface area contributed by atoms with Crippen LogP contribution in [0, 0.1) is 0 Å². The highest BCUT2D eigenvalue weighted by atomic mass is 32.2. The SMILES string of the molecule is CSc1cccc(C2C=C(c3cc(OCc4ccccc4)cn4nc5c(cnn5C5CCCCO5)c34)CC2)c1. The first-order chi connectivity index (χ1) is 19.3. The molecule has 7 rings (SSSR count). The van der Waals surface area contributed by atoms with Gasteiger partial charge in [0.15, 0.2) is 11.9 Å². The molecule has 0 amide bonds. The highest BCUT2D eigenvalue weighted by Gasteiger charge is 2.26. The van der Waals surface area contributed by atoms with E-state index in [9.17, 15) is 0 Å². The Hall–Kier alpha value is -3.55. The fraction of sp³-hybridized carbons (Fsp3) is 0.312. The number of nitrogens with zero attached hydrogens (tertiary/aromatic N) is 4. The van der Waals surface area contributed by atoms with E-state index in [1.54, 1.807) is 11.8 Å². The highest BCUT2D eigenvalue weighted by molar-refractivity contribution is 7.98. The molecule has 6 nitrogen and oxygen atoms in total. The van der Waals surface area contributed by atoms with E-state index in [1.165, 1.54) is 21.6 Å². The maximum absolute atomic E-state index is 6.32. The molecule has 198 valence electrons. The standard InChI is InChI=1S/C32H32N4O2S/c1-39-27-11-7-10-23(17-27)24-13-14-25(16-24)28-18-26(38-21-22-8-3-2-4-9-22)20-35-31(28)29-19-33-36(32(29)34-35)30-12-5-6-15-37-30/h2-4,7-11,16-20,24,30H,5-6,12-15,21H2,1H3. The number of allylic oxidation sites excluding steroid dienone is 2. The van der Waals surface area contributed by atoms with E-state index in [-0.39, 0.29) is 6.23 Å². The van der Waals surface area contributed by atoms with E-state index < -0.39 is 0 Å². The van der Waals surface area contributed by atoms with Gasteiger partial charge in [-0.05, 0) is 73.3 Å². The molecule has 2 atom stereocenters. The third-order valence-corrected chi connectivity index (χ3v) is 8.64. The van der Waals surface area contributed by atoms with Crippen molar-refractivity contribution in [1.82, 2.24) is 19.4 Å². The van der Waals surface area contributed by atoms with E-state index >= 15 is 0 Å². The van der Waals surface area contributed by atoms with Gasteiger partial charge in [0.1, 0.15) is 12.4 Å². The van der Waals surface area contributed by atoms with Crippen LogP contribution in [-0.2, 0) is 11.3 Å². The number of aromatic nitrogens is 4. The van der Waals surface area contributed by atoms with Gasteiger partial charge in [-0.2, -0.15) is 5.10 Å². The van der Waals surface area contributed by atoms with Crippen LogP contribution >= 0.6 is 11.8 Å². The Morgan fingerprint density at radius 3 is 2.82 bits per heavy atom. The highest BCUT2D eigenvalue weighted by Crippen LogP contribution is 2.42. The number of benzene rings is 2. The summed E-state index contributed by atoms with van der Waals surface area (Å²) in [5.41, 5.74) is 6.99. The summed E-state index contributed by atoms with van der Waals surface area (Å²) >= 11 is 1.79. The third-order valence-electron chi connectivity index (χ3n) is 7.92. The van der Waals surface area contributed by atoms with Gasteiger partial charge in [-0.1, -0.05) is 48.5 Å². The topological polar surface area (TPSA) is 53.6 Å². The number of thioether (sulfide) groups is 1. The minimum atomic E-state index is -0.0581. The van der Waals surface area contributed by atoms with Gasteiger partial charge in [-0.25, -0.2) is 9.20 Å². The predicted molar refractivity (Wildman–Crippen MR) is 156 cm³/mol. The number of hydrogen-bond donors (Lipinski definition) is 0. The first-order valence-corrected chi connectivity index (χ1v) is 15.0. The molecule has 0 saturated carbocycles. The van der Waals surface area contributed by atoms with Crippen LogP contribution in [0.15, 0.2) is 84.0 Å². The molecule has 2 aliphatic rings. The summed E-state index contributed by atoms with van der Waals surface area (Å²) in [6, 6.07) is 21.4. The van der Waals surface area contributed by atoms with Crippen molar-refractivity contribution in [3.63, 3.8) is 0 Å². The maximum atomic E-state index is 6.32. The summed E-state index contributed by atoms with van der Waals surface area (Å²) in [5, 5.41) is 10.8. The Labute approximate surface area is 232 Å². The van der Waals surface area contributed by atoms with Crippen LogP contribution < -0.4 is 4.74 Å². The zero-order valence-electron chi connectivity index (χ0n) is 22.1. The molecule has 2 aromatic carbocycles. The fourth-order valence-electron chi connectivity index (χ4n) is 5.90. The first kappa shape index (κ1) is 24.5. The van der Waals surface area contributed by atoms with Crippen molar-refractivity contribution in [2.75, 3.05) is 12.9 Å². The average molecular weight is 537 g/mol. The third kappa shape index (κ3) is 4.74. The Bertz CT molecular complexity index is 1650. The van der Waals surface area contributed by atoms with Gasteiger partial charge in [-0.3, -0.25) is 0 Å². The van der Waals surface area contributed by atoms with Crippen molar-refractivity contribution >= 4 is 33.9 Å². The van der Waals surface area contributed by atoms with Crippen molar-refractivity contribution in [1.29, 1.82) is 0 Å². The lowest BCUT2D eigenvalue weighted by molar-refractivity contribution is -0.0370. The predicted octanol–water partition coefficient (Wildman–Crippen LogP) is 7.65. The summed E-state index contributed by atoms with van der Waals surface area (Å²) < 4.78 is 16.3. The van der Waals surface area contributed by atoms with Gasteiger partial charge < -0.3 is 9.47 Å². The zero-order valence-corrected chi connectivity index (χ0v) is 22.9. The molecule has 5 aromatic rings. The lowest BCUT2D eigenvalue weighted by Crippen LogP contribution is -2.19. The molecule has 2 unspecified atom stereocenters. The van der Waals surface area contributed by atoms with Gasteiger partial charge in [-0.15, -0.1) is 16.9 Å². The van der Waals surface area contributed by atoms with Crippen LogP contribution in [0.4, 0.5) is 0 Å². The van der Waals surface area contributed by atoms with Crippen molar-refractivity contribution in [2.45, 2.75) is 55.8 Å². The van der Waals surface area contributed by atoms with Gasteiger partial charge in [0.05, 0.1) is 23.3 Å². The molecule has 39 heavy (non-hydrogen) atoms. The van der Waals surface area contributed by atoms with E-state index in [4.69, 9.17) is 19.7 Å². The zero-order chi connectivity index (χ0) is 26.2. The van der Waals surface area contributed by atoms with Gasteiger partial charge in [0, 0.05) is 23.0 Å². The molecule has 1 aliphatic heterocycles. The lowest BCUT2D eigenvalue weighted by atomic mass is 9.99. The molecule has 1 saturated heterocycles. The number of ether oxygens (including phenoxy) is 2. The number of rotatable bonds is 7. The monoisotopic (exact) mass is 536 g/mol. The molecular weight excluding hydrogens is 504 g/mol. The van der Waals surface area contributed by atoms with E-state index in [1.807, 2.05) is 39.8 Å². The van der Waals surface area contributed by atoms with Crippen molar-refractivity contribution < 1.29 is 9.47 Å². The van der Waals surface area contributed by atoms with Crippen LogP contribution in [0.1, 0.15) is 60.9 Å². The van der Waals surface area contributed by atoms with Crippen LogP contribution in [0.5, 0.6) is 5.75 Å². The molecular formula is C32H32N4O2S. The maximum Gasteiger partial charge on any atom is 0.183 e. The quantitative estimate of drug-likeness (QED) is 0.200. The smallest absolute Gasteiger partial charge is 0.183 e. The summed E-state index contributed by atoms with van der Waals surface area (Å²) in [6.07, 6.45) is 13.8. The Balaban J connectivity index is 1.31. The largest absolute Gasteiger partial charge is 0.487 e. The molecule has 0 spiro atoms. The Kier molecular flexibility index (Phi) is 6.62. The van der Waals surface area contributed by atoms with Crippen LogP contribution in [0.3, 0.4) is 0 Å². The van der Waals surface area contributed by atoms with E-state index in [0.29, 0.717) is 12.5 Å². The number of pyridine rings is 1. The molecule has 1 fully saturated rings. The van der Waals surface area contributed by atoms with Crippen LogP contribution in [0.25, 0.3) is 22.1 Å². The van der Waals surface area contributed by atoms with Crippen molar-refractivity contribution in [2.24, 2.45) is 0 Å². The molecule has 4 heterocycles. The van der Waals surface area contributed by atoms with Crippen molar-refractivity contribution in [3.05, 3.63) is 95.8 Å². The summed E-state index contributed by atoms with van der Waals surface area (Å²) in [5.74, 6) is 1.21. The van der Waals surface area contributed by atoms with Gasteiger partial charge >= 0.3 is 0 Å². The van der Waals surface area contributed by atoms with Gasteiger partial charge in [0.2, 0.25) is 0 Å². The Morgan fingerprint density at radius 2 is 1.97 bits per heavy atom. The number of hydrogen-bond acceptors (Lipinski definition) is 5. The first-order valence-electron chi connectivity index (χ1n) is 13.8. The van der Waals surface area contributed by atoms with Gasteiger partial charge in [0.25, 0.3) is 0 Å².